The number of nitrogens with one attached hydrogen (secondary N) is 3. The summed E-state index contributed by atoms with van der Waals surface area (Å²) in [6.07, 6.45) is 0.766. The van der Waals surface area contributed by atoms with Gasteiger partial charge in [-0.1, -0.05) is 19.1 Å². The minimum Gasteiger partial charge on any atom is -0.482 e. The number of hydrogen-bond acceptors (Lipinski definition) is 4. The number of ether oxygens (including phenoxy) is 1. The van der Waals surface area contributed by atoms with E-state index < -0.39 is 11.9 Å². The van der Waals surface area contributed by atoms with Crippen molar-refractivity contribution in [2.45, 2.75) is 33.2 Å². The van der Waals surface area contributed by atoms with Crippen LogP contribution in [0.3, 0.4) is 0 Å². The molecule has 0 aliphatic heterocycles. The van der Waals surface area contributed by atoms with E-state index in [0.29, 0.717) is 11.4 Å². The molecular weight excluding hydrogens is 286 g/mol. The summed E-state index contributed by atoms with van der Waals surface area (Å²) >= 11 is 0. The molecule has 7 heteroatoms. The van der Waals surface area contributed by atoms with Gasteiger partial charge in [0, 0.05) is 13.0 Å². The van der Waals surface area contributed by atoms with Crippen molar-refractivity contribution in [1.82, 2.24) is 10.6 Å². The van der Waals surface area contributed by atoms with Crippen molar-refractivity contribution in [3.05, 3.63) is 24.3 Å². The maximum Gasteiger partial charge on any atom is 0.321 e. The molecule has 1 aromatic rings. The van der Waals surface area contributed by atoms with Gasteiger partial charge < -0.3 is 15.4 Å². The number of carbonyl (C=O) groups is 3. The minimum absolute atomic E-state index is 0.0192. The highest BCUT2D eigenvalue weighted by atomic mass is 16.5. The number of carbonyl (C=O) groups excluding carboxylic acids is 3. The molecule has 7 nitrogen and oxygen atoms in total. The largest absolute Gasteiger partial charge is 0.482 e. The average Bonchev–Trinajstić information content (AvgIpc) is 2.45. The van der Waals surface area contributed by atoms with Crippen LogP contribution >= 0.6 is 0 Å². The fraction of sp³-hybridized carbons (Fsp3) is 0.400. The van der Waals surface area contributed by atoms with Crippen molar-refractivity contribution in [3.8, 4) is 5.75 Å². The van der Waals surface area contributed by atoms with Crippen molar-refractivity contribution < 1.29 is 19.1 Å². The third-order valence-corrected chi connectivity index (χ3v) is 2.80. The van der Waals surface area contributed by atoms with Crippen LogP contribution in [0.1, 0.15) is 27.2 Å². The van der Waals surface area contributed by atoms with Crippen molar-refractivity contribution in [1.29, 1.82) is 0 Å². The number of anilines is 1. The van der Waals surface area contributed by atoms with Gasteiger partial charge >= 0.3 is 6.03 Å². The van der Waals surface area contributed by atoms with Gasteiger partial charge in [0.25, 0.3) is 5.91 Å². The molecule has 4 amide bonds. The highest BCUT2D eigenvalue weighted by Crippen LogP contribution is 2.23. The summed E-state index contributed by atoms with van der Waals surface area (Å²) in [5, 5.41) is 7.38. The lowest BCUT2D eigenvalue weighted by atomic mass is 10.3. The average molecular weight is 307 g/mol. The predicted octanol–water partition coefficient (Wildman–Crippen LogP) is 1.65. The molecule has 0 bridgehead atoms. The topological polar surface area (TPSA) is 96.5 Å². The monoisotopic (exact) mass is 307 g/mol. The van der Waals surface area contributed by atoms with Gasteiger partial charge in [-0.05, 0) is 25.5 Å². The normalized spacial score (nSPS) is 11.2. The SMILES string of the molecule is CC[C@@H](C)NC(=O)NC(=O)COc1ccccc1NC(C)=O. The Morgan fingerprint density at radius 2 is 1.91 bits per heavy atom. The first kappa shape index (κ1) is 17.5. The Hall–Kier alpha value is -2.57. The molecule has 1 atom stereocenters. The molecule has 120 valence electrons. The second-order valence-corrected chi connectivity index (χ2v) is 4.80. The van der Waals surface area contributed by atoms with Gasteiger partial charge in [-0.3, -0.25) is 14.9 Å². The number of imide groups is 1. The van der Waals surface area contributed by atoms with Crippen LogP contribution in [0.4, 0.5) is 10.5 Å². The van der Waals surface area contributed by atoms with Gasteiger partial charge in [-0.25, -0.2) is 4.79 Å². The van der Waals surface area contributed by atoms with Crippen LogP contribution in [0.15, 0.2) is 24.3 Å². The van der Waals surface area contributed by atoms with Crippen molar-refractivity contribution >= 4 is 23.5 Å². The lowest BCUT2D eigenvalue weighted by molar-refractivity contribution is -0.122. The summed E-state index contributed by atoms with van der Waals surface area (Å²) in [5.74, 6) is -0.456. The van der Waals surface area contributed by atoms with Crippen LogP contribution < -0.4 is 20.7 Å². The third-order valence-electron chi connectivity index (χ3n) is 2.80. The Morgan fingerprint density at radius 3 is 2.55 bits per heavy atom. The Bertz CT molecular complexity index is 545. The maximum absolute atomic E-state index is 11.6. The number of para-hydroxylation sites is 2. The standard InChI is InChI=1S/C15H21N3O4/c1-4-10(2)16-15(21)18-14(20)9-22-13-8-6-5-7-12(13)17-11(3)19/h5-8,10H,4,9H2,1-3H3,(H,17,19)(H2,16,18,20,21)/t10-/m1/s1. The molecule has 0 aromatic heterocycles. The molecule has 3 N–H and O–H groups in total. The molecule has 0 saturated carbocycles. The molecule has 0 radical (unpaired) electrons. The van der Waals surface area contributed by atoms with E-state index in [9.17, 15) is 14.4 Å². The van der Waals surface area contributed by atoms with E-state index in [0.717, 1.165) is 6.42 Å². The van der Waals surface area contributed by atoms with Crippen molar-refractivity contribution in [3.63, 3.8) is 0 Å². The van der Waals surface area contributed by atoms with E-state index in [1.165, 1.54) is 6.92 Å². The Balaban J connectivity index is 2.50. The van der Waals surface area contributed by atoms with Gasteiger partial charge in [0.15, 0.2) is 6.61 Å². The lowest BCUT2D eigenvalue weighted by Crippen LogP contribution is -2.44. The molecule has 0 spiro atoms. The van der Waals surface area contributed by atoms with Gasteiger partial charge in [-0.15, -0.1) is 0 Å². The molecule has 0 fully saturated rings. The number of rotatable bonds is 6. The summed E-state index contributed by atoms with van der Waals surface area (Å²) in [4.78, 5) is 34.2. The first-order valence-electron chi connectivity index (χ1n) is 7.02. The summed E-state index contributed by atoms with van der Waals surface area (Å²) < 4.78 is 5.33. The summed E-state index contributed by atoms with van der Waals surface area (Å²) in [6, 6.07) is 6.15. The molecule has 0 saturated heterocycles. The van der Waals surface area contributed by atoms with Crippen LogP contribution in [0.25, 0.3) is 0 Å². The zero-order valence-corrected chi connectivity index (χ0v) is 12.9. The second-order valence-electron chi connectivity index (χ2n) is 4.80. The lowest BCUT2D eigenvalue weighted by Gasteiger charge is -2.13. The first-order valence-corrected chi connectivity index (χ1v) is 7.02. The minimum atomic E-state index is -0.571. The van der Waals surface area contributed by atoms with E-state index in [4.69, 9.17) is 4.74 Å². The van der Waals surface area contributed by atoms with Gasteiger partial charge in [0.05, 0.1) is 5.69 Å². The van der Waals surface area contributed by atoms with E-state index in [-0.39, 0.29) is 18.6 Å². The van der Waals surface area contributed by atoms with Crippen molar-refractivity contribution in [2.75, 3.05) is 11.9 Å². The molecule has 0 heterocycles. The van der Waals surface area contributed by atoms with E-state index in [2.05, 4.69) is 16.0 Å². The highest BCUT2D eigenvalue weighted by Gasteiger charge is 2.11. The van der Waals surface area contributed by atoms with E-state index in [1.54, 1.807) is 24.3 Å². The molecule has 1 aromatic carbocycles. The quantitative estimate of drug-likeness (QED) is 0.744. The maximum atomic E-state index is 11.6. The summed E-state index contributed by atoms with van der Waals surface area (Å²) in [5.41, 5.74) is 0.465. The molecule has 0 aliphatic rings. The van der Waals surface area contributed by atoms with Crippen LogP contribution in [0.5, 0.6) is 5.75 Å². The van der Waals surface area contributed by atoms with Crippen molar-refractivity contribution in [2.24, 2.45) is 0 Å². The third kappa shape index (κ3) is 6.25. The van der Waals surface area contributed by atoms with E-state index >= 15 is 0 Å². The number of amides is 4. The molecule has 22 heavy (non-hydrogen) atoms. The van der Waals surface area contributed by atoms with Crippen LogP contribution in [0, 0.1) is 0 Å². The number of hydrogen-bond donors (Lipinski definition) is 3. The fourth-order valence-corrected chi connectivity index (χ4v) is 1.55. The zero-order chi connectivity index (χ0) is 16.5. The second kappa shape index (κ2) is 8.66. The molecular formula is C15H21N3O4. The number of benzene rings is 1. The predicted molar refractivity (Wildman–Crippen MR) is 82.7 cm³/mol. The van der Waals surface area contributed by atoms with Crippen LogP contribution in [-0.4, -0.2) is 30.5 Å². The molecule has 0 aliphatic carbocycles. The van der Waals surface area contributed by atoms with Crippen LogP contribution in [-0.2, 0) is 9.59 Å². The van der Waals surface area contributed by atoms with Gasteiger partial charge in [0.2, 0.25) is 5.91 Å². The van der Waals surface area contributed by atoms with Gasteiger partial charge in [-0.2, -0.15) is 0 Å². The Morgan fingerprint density at radius 1 is 1.23 bits per heavy atom. The summed E-state index contributed by atoms with van der Waals surface area (Å²) in [6.45, 7) is 4.81. The first-order chi connectivity index (χ1) is 10.4. The van der Waals surface area contributed by atoms with Crippen LogP contribution in [0.2, 0.25) is 0 Å². The summed E-state index contributed by atoms with van der Waals surface area (Å²) in [7, 11) is 0. The Kier molecular flexibility index (Phi) is 6.88. The number of urea groups is 1. The smallest absolute Gasteiger partial charge is 0.321 e. The fourth-order valence-electron chi connectivity index (χ4n) is 1.55. The Labute approximate surface area is 129 Å². The zero-order valence-electron chi connectivity index (χ0n) is 12.9. The van der Waals surface area contributed by atoms with Gasteiger partial charge in [0.1, 0.15) is 5.75 Å². The van der Waals surface area contributed by atoms with E-state index in [1.807, 2.05) is 13.8 Å². The molecule has 1 rings (SSSR count). The molecule has 0 unspecified atom stereocenters. The highest BCUT2D eigenvalue weighted by molar-refractivity contribution is 5.95.